The Morgan fingerprint density at radius 1 is 1.62 bits per heavy atom. The SMILES string of the molecule is CCSCC(C)C(O)C([C]=O)NC. The van der Waals surface area contributed by atoms with Crippen LogP contribution >= 0.6 is 11.8 Å². The number of likely N-dealkylation sites (N-methyl/N-ethyl adjacent to an activating group) is 1. The van der Waals surface area contributed by atoms with Gasteiger partial charge in [-0.15, -0.1) is 0 Å². The van der Waals surface area contributed by atoms with Crippen molar-refractivity contribution in [3.8, 4) is 0 Å². The highest BCUT2D eigenvalue weighted by molar-refractivity contribution is 7.99. The lowest BCUT2D eigenvalue weighted by atomic mass is 10.0. The van der Waals surface area contributed by atoms with E-state index in [9.17, 15) is 9.90 Å². The molecular formula is C9H18NO2S. The van der Waals surface area contributed by atoms with Gasteiger partial charge in [0.05, 0.1) is 6.10 Å². The van der Waals surface area contributed by atoms with Crippen molar-refractivity contribution >= 4 is 18.0 Å². The molecule has 0 aromatic rings. The van der Waals surface area contributed by atoms with Gasteiger partial charge in [0, 0.05) is 0 Å². The molecule has 0 spiro atoms. The summed E-state index contributed by atoms with van der Waals surface area (Å²) in [6.45, 7) is 4.01. The predicted molar refractivity (Wildman–Crippen MR) is 56.7 cm³/mol. The van der Waals surface area contributed by atoms with Gasteiger partial charge in [0.25, 0.3) is 0 Å². The molecule has 0 aromatic carbocycles. The van der Waals surface area contributed by atoms with E-state index in [-0.39, 0.29) is 5.92 Å². The maximum Gasteiger partial charge on any atom is 0.219 e. The minimum Gasteiger partial charge on any atom is -0.391 e. The highest BCUT2D eigenvalue weighted by Crippen LogP contribution is 2.13. The number of carbonyl (C=O) groups excluding carboxylic acids is 1. The maximum atomic E-state index is 10.4. The first-order chi connectivity index (χ1) is 6.17. The zero-order valence-electron chi connectivity index (χ0n) is 8.41. The summed E-state index contributed by atoms with van der Waals surface area (Å²) >= 11 is 1.77. The van der Waals surface area contributed by atoms with E-state index in [1.54, 1.807) is 25.1 Å². The van der Waals surface area contributed by atoms with Crippen LogP contribution in [0.25, 0.3) is 0 Å². The Kier molecular flexibility index (Phi) is 7.32. The van der Waals surface area contributed by atoms with E-state index in [4.69, 9.17) is 0 Å². The van der Waals surface area contributed by atoms with Gasteiger partial charge in [-0.25, -0.2) is 0 Å². The van der Waals surface area contributed by atoms with E-state index in [1.165, 1.54) is 0 Å². The smallest absolute Gasteiger partial charge is 0.219 e. The second kappa shape index (κ2) is 7.35. The number of hydrogen-bond acceptors (Lipinski definition) is 4. The van der Waals surface area contributed by atoms with Gasteiger partial charge < -0.3 is 10.4 Å². The van der Waals surface area contributed by atoms with Crippen molar-refractivity contribution in [2.45, 2.75) is 26.0 Å². The fourth-order valence-corrected chi connectivity index (χ4v) is 1.83. The zero-order valence-corrected chi connectivity index (χ0v) is 9.23. The van der Waals surface area contributed by atoms with Gasteiger partial charge in [-0.3, -0.25) is 4.79 Å². The zero-order chi connectivity index (χ0) is 10.3. The molecule has 77 valence electrons. The van der Waals surface area contributed by atoms with Crippen molar-refractivity contribution < 1.29 is 9.90 Å². The van der Waals surface area contributed by atoms with Gasteiger partial charge in [-0.1, -0.05) is 13.8 Å². The number of aliphatic hydroxyl groups is 1. The summed E-state index contributed by atoms with van der Waals surface area (Å²) in [6, 6.07) is -0.563. The Bertz CT molecular complexity index is 144. The van der Waals surface area contributed by atoms with Crippen molar-refractivity contribution in [3.05, 3.63) is 0 Å². The van der Waals surface area contributed by atoms with Crippen LogP contribution in [0.4, 0.5) is 0 Å². The van der Waals surface area contributed by atoms with Crippen LogP contribution in [0.3, 0.4) is 0 Å². The van der Waals surface area contributed by atoms with Crippen LogP contribution in [0, 0.1) is 5.92 Å². The largest absolute Gasteiger partial charge is 0.391 e. The lowest BCUT2D eigenvalue weighted by Crippen LogP contribution is -2.43. The van der Waals surface area contributed by atoms with Gasteiger partial charge in [-0.05, 0) is 24.5 Å². The van der Waals surface area contributed by atoms with Crippen LogP contribution in [0.2, 0.25) is 0 Å². The van der Waals surface area contributed by atoms with Crippen LogP contribution in [0.1, 0.15) is 13.8 Å². The molecule has 0 fully saturated rings. The Morgan fingerprint density at radius 2 is 2.23 bits per heavy atom. The lowest BCUT2D eigenvalue weighted by molar-refractivity contribution is 0.109. The van der Waals surface area contributed by atoms with E-state index in [0.717, 1.165) is 11.5 Å². The van der Waals surface area contributed by atoms with Crippen molar-refractivity contribution in [1.82, 2.24) is 5.32 Å². The van der Waals surface area contributed by atoms with Crippen molar-refractivity contribution in [2.75, 3.05) is 18.6 Å². The summed E-state index contributed by atoms with van der Waals surface area (Å²) < 4.78 is 0. The van der Waals surface area contributed by atoms with Gasteiger partial charge in [0.2, 0.25) is 6.29 Å². The van der Waals surface area contributed by atoms with E-state index >= 15 is 0 Å². The monoisotopic (exact) mass is 204 g/mol. The molecule has 3 atom stereocenters. The van der Waals surface area contributed by atoms with Gasteiger partial charge in [0.15, 0.2) is 0 Å². The molecule has 0 aliphatic rings. The highest BCUT2D eigenvalue weighted by atomic mass is 32.2. The average molecular weight is 204 g/mol. The van der Waals surface area contributed by atoms with E-state index < -0.39 is 12.1 Å². The molecular weight excluding hydrogens is 186 g/mol. The Labute approximate surface area is 84.3 Å². The number of thioether (sulfide) groups is 1. The van der Waals surface area contributed by atoms with E-state index in [2.05, 4.69) is 12.2 Å². The molecule has 0 aliphatic heterocycles. The number of hydrogen-bond donors (Lipinski definition) is 2. The first-order valence-corrected chi connectivity index (χ1v) is 5.63. The molecule has 0 saturated carbocycles. The minimum absolute atomic E-state index is 0.115. The number of nitrogens with one attached hydrogen (secondary N) is 1. The van der Waals surface area contributed by atoms with Gasteiger partial charge >= 0.3 is 0 Å². The molecule has 0 bridgehead atoms. The fraction of sp³-hybridized carbons (Fsp3) is 0.889. The van der Waals surface area contributed by atoms with Crippen LogP contribution < -0.4 is 5.32 Å². The summed E-state index contributed by atoms with van der Waals surface area (Å²) in [7, 11) is 1.65. The summed E-state index contributed by atoms with van der Waals surface area (Å²) in [5, 5.41) is 12.4. The molecule has 0 aromatic heterocycles. The van der Waals surface area contributed by atoms with Crippen LogP contribution in [-0.2, 0) is 4.79 Å². The van der Waals surface area contributed by atoms with E-state index in [0.29, 0.717) is 0 Å². The van der Waals surface area contributed by atoms with Crippen molar-refractivity contribution in [1.29, 1.82) is 0 Å². The number of aliphatic hydroxyl groups excluding tert-OH is 1. The van der Waals surface area contributed by atoms with Crippen LogP contribution in [0.15, 0.2) is 0 Å². The normalized spacial score (nSPS) is 17.8. The summed E-state index contributed by atoms with van der Waals surface area (Å²) in [5.41, 5.74) is 0. The van der Waals surface area contributed by atoms with E-state index in [1.807, 2.05) is 6.92 Å². The second-order valence-electron chi connectivity index (χ2n) is 3.01. The summed E-state index contributed by atoms with van der Waals surface area (Å²) in [6.07, 6.45) is 1.15. The third-order valence-electron chi connectivity index (χ3n) is 1.95. The molecule has 0 amide bonds. The third-order valence-corrected chi connectivity index (χ3v) is 3.12. The lowest BCUT2D eigenvalue weighted by Gasteiger charge is -2.22. The Balaban J connectivity index is 3.90. The molecule has 3 unspecified atom stereocenters. The standard InChI is InChI=1S/C9H18NO2S/c1-4-13-6-7(2)9(12)8(5-11)10-3/h7-10,12H,4,6H2,1-3H3. The molecule has 13 heavy (non-hydrogen) atoms. The van der Waals surface area contributed by atoms with Crippen LogP contribution in [-0.4, -0.2) is 42.1 Å². The molecule has 0 heterocycles. The van der Waals surface area contributed by atoms with Crippen LogP contribution in [0.5, 0.6) is 0 Å². The highest BCUT2D eigenvalue weighted by Gasteiger charge is 2.23. The maximum absolute atomic E-state index is 10.4. The third kappa shape index (κ3) is 4.64. The Morgan fingerprint density at radius 3 is 2.62 bits per heavy atom. The molecule has 1 radical (unpaired) electrons. The van der Waals surface area contributed by atoms with Gasteiger partial charge in [-0.2, -0.15) is 11.8 Å². The fourth-order valence-electron chi connectivity index (χ4n) is 1.03. The first-order valence-electron chi connectivity index (χ1n) is 4.48. The number of rotatable bonds is 7. The topological polar surface area (TPSA) is 49.3 Å². The molecule has 3 nitrogen and oxygen atoms in total. The first kappa shape index (κ1) is 12.9. The van der Waals surface area contributed by atoms with Crippen molar-refractivity contribution in [2.24, 2.45) is 5.92 Å². The quantitative estimate of drug-likeness (QED) is 0.631. The molecule has 0 rings (SSSR count). The summed E-state index contributed by atoms with van der Waals surface area (Å²) in [5.74, 6) is 2.02. The second-order valence-corrected chi connectivity index (χ2v) is 4.33. The molecule has 4 heteroatoms. The average Bonchev–Trinajstić information content (AvgIpc) is 2.15. The summed E-state index contributed by atoms with van der Waals surface area (Å²) in [4.78, 5) is 10.4. The molecule has 2 N–H and O–H groups in total. The molecule has 0 saturated heterocycles. The molecule has 0 aliphatic carbocycles. The minimum atomic E-state index is -0.637. The van der Waals surface area contributed by atoms with Gasteiger partial charge in [0.1, 0.15) is 6.04 Å². The Hall–Kier alpha value is -0.0600. The van der Waals surface area contributed by atoms with Crippen molar-refractivity contribution in [3.63, 3.8) is 0 Å². The predicted octanol–water partition coefficient (Wildman–Crippen LogP) is 0.434.